The predicted molar refractivity (Wildman–Crippen MR) is 125 cm³/mol. The maximum absolute atomic E-state index is 13.1. The van der Waals surface area contributed by atoms with Crippen molar-refractivity contribution in [2.75, 3.05) is 12.4 Å². The summed E-state index contributed by atoms with van der Waals surface area (Å²) in [5.41, 5.74) is 1.51. The first-order valence-corrected chi connectivity index (χ1v) is 10.6. The Morgan fingerprint density at radius 3 is 2.03 bits per heavy atom. The first-order chi connectivity index (χ1) is 16.0. The van der Waals surface area contributed by atoms with Gasteiger partial charge in [0, 0.05) is 11.3 Å². The summed E-state index contributed by atoms with van der Waals surface area (Å²) in [7, 11) is 1.56. The lowest BCUT2D eigenvalue weighted by Gasteiger charge is -2.22. The van der Waals surface area contributed by atoms with Crippen molar-refractivity contribution < 1.29 is 23.9 Å². The van der Waals surface area contributed by atoms with Crippen molar-refractivity contribution in [3.05, 3.63) is 96.1 Å². The Kier molecular flexibility index (Phi) is 8.18. The van der Waals surface area contributed by atoms with Gasteiger partial charge in [-0.25, -0.2) is 4.79 Å². The molecule has 3 rings (SSSR count). The summed E-state index contributed by atoms with van der Waals surface area (Å²) in [6.45, 7) is 1.74. The Hall–Kier alpha value is -4.13. The van der Waals surface area contributed by atoms with Crippen molar-refractivity contribution in [2.24, 2.45) is 0 Å². The number of hydrogen-bond donors (Lipinski definition) is 2. The second-order valence-electron chi connectivity index (χ2n) is 7.23. The summed E-state index contributed by atoms with van der Waals surface area (Å²) in [6, 6.07) is 23.1. The van der Waals surface area contributed by atoms with Crippen molar-refractivity contribution in [3.8, 4) is 5.75 Å². The van der Waals surface area contributed by atoms with Gasteiger partial charge in [-0.15, -0.1) is 0 Å². The summed E-state index contributed by atoms with van der Waals surface area (Å²) in [5, 5.41) is 5.46. The lowest BCUT2D eigenvalue weighted by molar-refractivity contribution is -0.156. The number of methoxy groups -OCH3 is 1. The van der Waals surface area contributed by atoms with Gasteiger partial charge in [-0.1, -0.05) is 55.5 Å². The fourth-order valence-corrected chi connectivity index (χ4v) is 3.16. The molecule has 0 spiro atoms. The fraction of sp³-hybridized carbons (Fsp3) is 0.192. The molecule has 170 valence electrons. The molecule has 0 saturated carbocycles. The Balaban J connectivity index is 1.73. The molecule has 0 fully saturated rings. The minimum absolute atomic E-state index is 0.266. The third-order valence-corrected chi connectivity index (χ3v) is 4.96. The van der Waals surface area contributed by atoms with Crippen molar-refractivity contribution in [3.63, 3.8) is 0 Å². The molecular weight excluding hydrogens is 420 g/mol. The van der Waals surface area contributed by atoms with Gasteiger partial charge in [-0.3, -0.25) is 9.59 Å². The number of esters is 1. The van der Waals surface area contributed by atoms with Gasteiger partial charge in [0.2, 0.25) is 0 Å². The van der Waals surface area contributed by atoms with E-state index in [0.717, 1.165) is 0 Å². The first-order valence-electron chi connectivity index (χ1n) is 10.6. The number of rotatable bonds is 9. The van der Waals surface area contributed by atoms with Crippen molar-refractivity contribution in [1.82, 2.24) is 5.32 Å². The van der Waals surface area contributed by atoms with E-state index < -0.39 is 29.9 Å². The second kappa shape index (κ2) is 11.5. The number of carbonyl (C=O) groups excluding carboxylic acids is 3. The van der Waals surface area contributed by atoms with E-state index in [4.69, 9.17) is 9.47 Å². The number of amides is 2. The molecule has 2 amide bonds. The van der Waals surface area contributed by atoms with Crippen LogP contribution in [0.25, 0.3) is 0 Å². The highest BCUT2D eigenvalue weighted by Gasteiger charge is 2.29. The fourth-order valence-electron chi connectivity index (χ4n) is 3.16. The minimum atomic E-state index is -1.07. The van der Waals surface area contributed by atoms with Crippen LogP contribution in [0.5, 0.6) is 5.75 Å². The van der Waals surface area contributed by atoms with Gasteiger partial charge in [-0.2, -0.15) is 0 Å². The number of anilines is 1. The summed E-state index contributed by atoms with van der Waals surface area (Å²) >= 11 is 0. The Labute approximate surface area is 192 Å². The molecule has 3 aromatic carbocycles. The molecule has 0 aliphatic heterocycles. The van der Waals surface area contributed by atoms with Crippen molar-refractivity contribution in [2.45, 2.75) is 25.5 Å². The highest BCUT2D eigenvalue weighted by molar-refractivity contribution is 5.98. The molecule has 3 aromatic rings. The van der Waals surface area contributed by atoms with Gasteiger partial charge < -0.3 is 20.1 Å². The lowest BCUT2D eigenvalue weighted by Crippen LogP contribution is -2.39. The lowest BCUT2D eigenvalue weighted by atomic mass is 10.1. The van der Waals surface area contributed by atoms with E-state index in [9.17, 15) is 14.4 Å². The summed E-state index contributed by atoms with van der Waals surface area (Å²) in [4.78, 5) is 38.5. The maximum Gasteiger partial charge on any atom is 0.334 e. The van der Waals surface area contributed by atoms with Crippen LogP contribution in [0.15, 0.2) is 84.9 Å². The Bertz CT molecular complexity index is 1070. The highest BCUT2D eigenvalue weighted by Crippen LogP contribution is 2.19. The van der Waals surface area contributed by atoms with Crippen LogP contribution in [0.4, 0.5) is 5.69 Å². The Morgan fingerprint density at radius 1 is 0.848 bits per heavy atom. The molecule has 0 heterocycles. The van der Waals surface area contributed by atoms with E-state index in [1.165, 1.54) is 0 Å². The predicted octanol–water partition coefficient (Wildman–Crippen LogP) is 4.13. The van der Waals surface area contributed by atoms with E-state index in [0.29, 0.717) is 22.6 Å². The molecule has 0 bridgehead atoms. The van der Waals surface area contributed by atoms with Gasteiger partial charge in [0.25, 0.3) is 11.8 Å². The largest absolute Gasteiger partial charge is 0.497 e. The van der Waals surface area contributed by atoms with Crippen molar-refractivity contribution >= 4 is 23.5 Å². The number of benzene rings is 3. The number of nitrogens with one attached hydrogen (secondary N) is 2. The SMILES string of the molecule is CCC(OC(=O)C(NC(=O)c1ccccc1)c1ccccc1)C(=O)Nc1ccc(OC)cc1. The van der Waals surface area contributed by atoms with Crippen molar-refractivity contribution in [1.29, 1.82) is 0 Å². The molecule has 0 aliphatic carbocycles. The zero-order valence-corrected chi connectivity index (χ0v) is 18.5. The van der Waals surface area contributed by atoms with E-state index in [1.54, 1.807) is 92.9 Å². The summed E-state index contributed by atoms with van der Waals surface area (Å²) in [5.74, 6) is -0.942. The molecule has 33 heavy (non-hydrogen) atoms. The summed E-state index contributed by atoms with van der Waals surface area (Å²) < 4.78 is 10.7. The average Bonchev–Trinajstić information content (AvgIpc) is 2.87. The van der Waals surface area contributed by atoms with Gasteiger partial charge >= 0.3 is 5.97 Å². The molecule has 0 radical (unpaired) electrons. The zero-order valence-electron chi connectivity index (χ0n) is 18.5. The molecule has 7 nitrogen and oxygen atoms in total. The Morgan fingerprint density at radius 2 is 1.45 bits per heavy atom. The number of hydrogen-bond acceptors (Lipinski definition) is 5. The van der Waals surface area contributed by atoms with E-state index in [-0.39, 0.29) is 6.42 Å². The van der Waals surface area contributed by atoms with E-state index >= 15 is 0 Å². The van der Waals surface area contributed by atoms with Crippen LogP contribution in [0, 0.1) is 0 Å². The molecule has 2 unspecified atom stereocenters. The molecule has 2 atom stereocenters. The normalized spacial score (nSPS) is 12.2. The van der Waals surface area contributed by atoms with Gasteiger partial charge in [0.05, 0.1) is 7.11 Å². The quantitative estimate of drug-likeness (QED) is 0.482. The number of carbonyl (C=O) groups is 3. The molecule has 2 N–H and O–H groups in total. The van der Waals surface area contributed by atoms with Crippen LogP contribution in [-0.4, -0.2) is 31.0 Å². The summed E-state index contributed by atoms with van der Waals surface area (Å²) in [6.07, 6.45) is -0.763. The van der Waals surface area contributed by atoms with Gasteiger partial charge in [0.15, 0.2) is 12.1 Å². The van der Waals surface area contributed by atoms with Gasteiger partial charge in [-0.05, 0) is 48.4 Å². The van der Waals surface area contributed by atoms with E-state index in [1.807, 2.05) is 6.07 Å². The molecule has 7 heteroatoms. The van der Waals surface area contributed by atoms with Crippen LogP contribution < -0.4 is 15.4 Å². The zero-order chi connectivity index (χ0) is 23.6. The first kappa shape index (κ1) is 23.5. The van der Waals surface area contributed by atoms with E-state index in [2.05, 4.69) is 10.6 Å². The maximum atomic E-state index is 13.1. The van der Waals surface area contributed by atoms with Crippen LogP contribution in [0.1, 0.15) is 35.3 Å². The third-order valence-electron chi connectivity index (χ3n) is 4.96. The van der Waals surface area contributed by atoms with Crippen LogP contribution in [0.3, 0.4) is 0 Å². The third kappa shape index (κ3) is 6.43. The number of ether oxygens (including phenoxy) is 2. The monoisotopic (exact) mass is 446 g/mol. The molecule has 0 aliphatic rings. The molecule has 0 aromatic heterocycles. The topological polar surface area (TPSA) is 93.7 Å². The minimum Gasteiger partial charge on any atom is -0.497 e. The van der Waals surface area contributed by atoms with Crippen LogP contribution in [-0.2, 0) is 14.3 Å². The molecule has 0 saturated heterocycles. The standard InChI is InChI=1S/C26H26N2O5/c1-3-22(25(30)27-20-14-16-21(32-2)17-15-20)33-26(31)23(18-10-6-4-7-11-18)28-24(29)19-12-8-5-9-13-19/h4-17,22-23H,3H2,1-2H3,(H,27,30)(H,28,29). The van der Waals surface area contributed by atoms with Crippen LogP contribution >= 0.6 is 0 Å². The average molecular weight is 447 g/mol. The second-order valence-corrected chi connectivity index (χ2v) is 7.23. The smallest absolute Gasteiger partial charge is 0.334 e. The molecular formula is C26H26N2O5. The van der Waals surface area contributed by atoms with Gasteiger partial charge in [0.1, 0.15) is 5.75 Å². The van der Waals surface area contributed by atoms with Crippen LogP contribution in [0.2, 0.25) is 0 Å². The highest BCUT2D eigenvalue weighted by atomic mass is 16.5.